The number of thioether (sulfide) groups is 1. The molecule has 0 aliphatic rings. The molecule has 1 heterocycles. The molecule has 4 nitrogen and oxygen atoms in total. The minimum Gasteiger partial charge on any atom is -0.330 e. The molecule has 0 bridgehead atoms. The average molecular weight is 304 g/mol. The Morgan fingerprint density at radius 3 is 2.80 bits per heavy atom. The third-order valence-electron chi connectivity index (χ3n) is 2.68. The van der Waals surface area contributed by atoms with E-state index in [4.69, 9.17) is 5.26 Å². The fraction of sp³-hybridized carbons (Fsp3) is 0.357. The Balaban J connectivity index is 1.87. The van der Waals surface area contributed by atoms with Gasteiger partial charge in [-0.3, -0.25) is 0 Å². The number of hydrogen-bond donors (Lipinski definition) is 1. The van der Waals surface area contributed by atoms with Gasteiger partial charge < -0.3 is 5.32 Å². The van der Waals surface area contributed by atoms with Crippen molar-refractivity contribution < 1.29 is 0 Å². The molecule has 1 N–H and O–H groups in total. The van der Waals surface area contributed by atoms with Gasteiger partial charge in [0.15, 0.2) is 4.34 Å². The molecule has 6 heteroatoms. The molecule has 0 amide bonds. The van der Waals surface area contributed by atoms with Crippen LogP contribution in [0.3, 0.4) is 0 Å². The van der Waals surface area contributed by atoms with Crippen LogP contribution in [0.5, 0.6) is 0 Å². The molecule has 0 aliphatic heterocycles. The molecule has 0 unspecified atom stereocenters. The summed E-state index contributed by atoms with van der Waals surface area (Å²) in [6, 6.07) is 10.5. The zero-order chi connectivity index (χ0) is 14.2. The molecule has 2 rings (SSSR count). The molecule has 0 saturated carbocycles. The number of nitriles is 1. The summed E-state index contributed by atoms with van der Waals surface area (Å²) < 4.78 is 0.940. The number of rotatable bonds is 7. The van der Waals surface area contributed by atoms with E-state index in [1.54, 1.807) is 23.1 Å². The van der Waals surface area contributed by atoms with Crippen LogP contribution < -0.4 is 5.32 Å². The molecular weight excluding hydrogens is 288 g/mol. The van der Waals surface area contributed by atoms with Crippen molar-refractivity contribution in [2.24, 2.45) is 0 Å². The zero-order valence-corrected chi connectivity index (χ0v) is 12.9. The van der Waals surface area contributed by atoms with Gasteiger partial charge in [-0.25, -0.2) is 0 Å². The van der Waals surface area contributed by atoms with E-state index in [0.717, 1.165) is 33.8 Å². The van der Waals surface area contributed by atoms with E-state index < -0.39 is 0 Å². The lowest BCUT2D eigenvalue weighted by Gasteiger charge is -2.02. The average Bonchev–Trinajstić information content (AvgIpc) is 2.92. The van der Waals surface area contributed by atoms with Crippen LogP contribution in [0.2, 0.25) is 0 Å². The van der Waals surface area contributed by atoms with Gasteiger partial charge >= 0.3 is 0 Å². The molecule has 0 aliphatic carbocycles. The maximum atomic E-state index is 8.47. The first-order chi connectivity index (χ1) is 9.81. The standard InChI is InChI=1S/C14H16N4S2/c1-2-11-5-7-12(8-6-11)16-13-17-18-14(20-13)19-10-4-3-9-15/h5-8H,2-4,10H2,1H3,(H,16,17). The maximum Gasteiger partial charge on any atom is 0.210 e. The normalized spacial score (nSPS) is 10.2. The first kappa shape index (κ1) is 14.8. The van der Waals surface area contributed by atoms with E-state index in [-0.39, 0.29) is 0 Å². The monoisotopic (exact) mass is 304 g/mol. The molecule has 2 aromatic rings. The molecule has 1 aromatic carbocycles. The lowest BCUT2D eigenvalue weighted by atomic mass is 10.1. The Bertz CT molecular complexity index is 572. The van der Waals surface area contributed by atoms with Crippen molar-refractivity contribution in [1.29, 1.82) is 5.26 Å². The van der Waals surface area contributed by atoms with Crippen LogP contribution in [0.25, 0.3) is 0 Å². The molecule has 104 valence electrons. The molecular formula is C14H16N4S2. The summed E-state index contributed by atoms with van der Waals surface area (Å²) in [5.74, 6) is 0.910. The molecule has 0 saturated heterocycles. The summed E-state index contributed by atoms with van der Waals surface area (Å²) in [5, 5.41) is 20.8. The second-order valence-electron chi connectivity index (χ2n) is 4.16. The second kappa shape index (κ2) is 7.88. The van der Waals surface area contributed by atoms with Crippen LogP contribution in [-0.2, 0) is 6.42 Å². The van der Waals surface area contributed by atoms with Gasteiger partial charge in [-0.15, -0.1) is 10.2 Å². The number of aryl methyl sites for hydroxylation is 1. The van der Waals surface area contributed by atoms with E-state index in [1.165, 1.54) is 5.56 Å². The molecule has 0 radical (unpaired) electrons. The van der Waals surface area contributed by atoms with Crippen LogP contribution in [0.4, 0.5) is 10.8 Å². The number of unbranched alkanes of at least 4 members (excludes halogenated alkanes) is 1. The van der Waals surface area contributed by atoms with Gasteiger partial charge in [-0.2, -0.15) is 5.26 Å². The van der Waals surface area contributed by atoms with Crippen molar-refractivity contribution in [2.45, 2.75) is 30.5 Å². The summed E-state index contributed by atoms with van der Waals surface area (Å²) >= 11 is 3.19. The van der Waals surface area contributed by atoms with Crippen molar-refractivity contribution in [3.63, 3.8) is 0 Å². The summed E-state index contributed by atoms with van der Waals surface area (Å²) in [4.78, 5) is 0. The number of benzene rings is 1. The van der Waals surface area contributed by atoms with Crippen molar-refractivity contribution in [3.05, 3.63) is 29.8 Å². The topological polar surface area (TPSA) is 61.6 Å². The lowest BCUT2D eigenvalue weighted by Crippen LogP contribution is -1.89. The van der Waals surface area contributed by atoms with Crippen LogP contribution in [0.1, 0.15) is 25.3 Å². The van der Waals surface area contributed by atoms with E-state index in [0.29, 0.717) is 6.42 Å². The Hall–Kier alpha value is -1.58. The Labute approximate surface area is 127 Å². The Kier molecular flexibility index (Phi) is 5.84. The SMILES string of the molecule is CCc1ccc(Nc2nnc(SCCCC#N)s2)cc1. The molecule has 0 atom stereocenters. The minimum atomic E-state index is 0.598. The summed E-state index contributed by atoms with van der Waals surface area (Å²) in [7, 11) is 0. The highest BCUT2D eigenvalue weighted by molar-refractivity contribution is 8.01. The molecule has 0 spiro atoms. The molecule has 1 aromatic heterocycles. The van der Waals surface area contributed by atoms with Gasteiger partial charge in [0.25, 0.3) is 0 Å². The van der Waals surface area contributed by atoms with Gasteiger partial charge in [0.05, 0.1) is 6.07 Å². The van der Waals surface area contributed by atoms with Gasteiger partial charge in [0.1, 0.15) is 0 Å². The number of anilines is 2. The highest BCUT2D eigenvalue weighted by Crippen LogP contribution is 2.28. The van der Waals surface area contributed by atoms with E-state index in [9.17, 15) is 0 Å². The Morgan fingerprint density at radius 2 is 2.10 bits per heavy atom. The smallest absolute Gasteiger partial charge is 0.210 e. The van der Waals surface area contributed by atoms with Crippen molar-refractivity contribution in [2.75, 3.05) is 11.1 Å². The van der Waals surface area contributed by atoms with E-state index in [2.05, 4.69) is 52.8 Å². The highest BCUT2D eigenvalue weighted by atomic mass is 32.2. The van der Waals surface area contributed by atoms with Crippen molar-refractivity contribution in [1.82, 2.24) is 10.2 Å². The zero-order valence-electron chi connectivity index (χ0n) is 11.3. The van der Waals surface area contributed by atoms with Crippen LogP contribution >= 0.6 is 23.1 Å². The third-order valence-corrected chi connectivity index (χ3v) is 4.74. The first-order valence-corrected chi connectivity index (χ1v) is 8.31. The van der Waals surface area contributed by atoms with Crippen LogP contribution in [0.15, 0.2) is 28.6 Å². The van der Waals surface area contributed by atoms with Crippen molar-refractivity contribution >= 4 is 33.9 Å². The largest absolute Gasteiger partial charge is 0.330 e. The maximum absolute atomic E-state index is 8.47. The summed E-state index contributed by atoms with van der Waals surface area (Å²) in [6.07, 6.45) is 2.53. The molecule has 20 heavy (non-hydrogen) atoms. The highest BCUT2D eigenvalue weighted by Gasteiger charge is 2.05. The number of hydrogen-bond acceptors (Lipinski definition) is 6. The quantitative estimate of drug-likeness (QED) is 0.612. The van der Waals surface area contributed by atoms with Gasteiger partial charge in [0.2, 0.25) is 5.13 Å². The predicted octanol–water partition coefficient (Wildman–Crippen LogP) is 4.24. The number of aromatic nitrogens is 2. The van der Waals surface area contributed by atoms with Gasteiger partial charge in [-0.05, 0) is 30.5 Å². The number of nitrogens with zero attached hydrogens (tertiary/aromatic N) is 3. The Morgan fingerprint density at radius 1 is 1.30 bits per heavy atom. The second-order valence-corrected chi connectivity index (χ2v) is 6.48. The molecule has 0 fully saturated rings. The first-order valence-electron chi connectivity index (χ1n) is 6.51. The summed E-state index contributed by atoms with van der Waals surface area (Å²) in [6.45, 7) is 2.14. The van der Waals surface area contributed by atoms with Crippen molar-refractivity contribution in [3.8, 4) is 6.07 Å². The van der Waals surface area contributed by atoms with Gasteiger partial charge in [0, 0.05) is 17.9 Å². The summed E-state index contributed by atoms with van der Waals surface area (Å²) in [5.41, 5.74) is 2.35. The third kappa shape index (κ3) is 4.51. The predicted molar refractivity (Wildman–Crippen MR) is 84.6 cm³/mol. The fourth-order valence-corrected chi connectivity index (χ4v) is 3.36. The number of nitrogens with one attached hydrogen (secondary N) is 1. The van der Waals surface area contributed by atoms with Gasteiger partial charge in [-0.1, -0.05) is 42.2 Å². The fourth-order valence-electron chi connectivity index (χ4n) is 1.58. The van der Waals surface area contributed by atoms with Crippen LogP contribution in [-0.4, -0.2) is 16.0 Å². The minimum absolute atomic E-state index is 0.598. The van der Waals surface area contributed by atoms with Crippen LogP contribution in [0, 0.1) is 11.3 Å². The lowest BCUT2D eigenvalue weighted by molar-refractivity contribution is 0.971. The van der Waals surface area contributed by atoms with E-state index in [1.807, 2.05) is 0 Å². The van der Waals surface area contributed by atoms with E-state index >= 15 is 0 Å².